The van der Waals surface area contributed by atoms with Crippen LogP contribution in [-0.2, 0) is 32.5 Å². The second kappa shape index (κ2) is 22.2. The summed E-state index contributed by atoms with van der Waals surface area (Å²) in [6.07, 6.45) is 0. The van der Waals surface area contributed by atoms with Crippen LogP contribution >= 0.6 is 21.6 Å². The maximum Gasteiger partial charge on any atom is 0.0379 e. The van der Waals surface area contributed by atoms with Gasteiger partial charge in [0.25, 0.3) is 0 Å². The first-order chi connectivity index (χ1) is 36.3. The van der Waals surface area contributed by atoms with E-state index in [0.29, 0.717) is 0 Å². The molecule has 0 spiro atoms. The molecule has 2 atom stereocenters. The highest BCUT2D eigenvalue weighted by Crippen LogP contribution is 2.54. The number of hydrogen-bond donors (Lipinski definition) is 0. The topological polar surface area (TPSA) is 0 Å². The lowest BCUT2D eigenvalue weighted by molar-refractivity contribution is 0.590. The van der Waals surface area contributed by atoms with Crippen LogP contribution in [0.2, 0.25) is 0 Å². The van der Waals surface area contributed by atoms with E-state index in [-0.39, 0.29) is 43.0 Å². The molecular formula is C76H90S2. The van der Waals surface area contributed by atoms with Gasteiger partial charge in [-0.1, -0.05) is 316 Å². The van der Waals surface area contributed by atoms with Crippen LogP contribution in [0, 0.1) is 0 Å². The fourth-order valence-corrected chi connectivity index (χ4v) is 13.3. The molecule has 2 heteroatoms. The van der Waals surface area contributed by atoms with Gasteiger partial charge in [0, 0.05) is 10.5 Å². The van der Waals surface area contributed by atoms with Crippen molar-refractivity contribution in [3.8, 4) is 66.8 Å². The summed E-state index contributed by atoms with van der Waals surface area (Å²) >= 11 is 0. The largest absolute Gasteiger partial charge is 0.0856 e. The highest BCUT2D eigenvalue weighted by Gasteiger charge is 2.28. The molecule has 406 valence electrons. The highest BCUT2D eigenvalue weighted by atomic mass is 33.1. The van der Waals surface area contributed by atoms with Crippen molar-refractivity contribution < 1.29 is 0 Å². The van der Waals surface area contributed by atoms with Gasteiger partial charge < -0.3 is 0 Å². The van der Waals surface area contributed by atoms with E-state index in [1.165, 1.54) is 111 Å². The Morgan fingerprint density at radius 3 is 0.590 bits per heavy atom. The molecule has 0 aliphatic rings. The third-order valence-corrected chi connectivity index (χ3v) is 19.2. The highest BCUT2D eigenvalue weighted by molar-refractivity contribution is 8.76. The summed E-state index contributed by atoms with van der Waals surface area (Å²) in [5.41, 5.74) is 26.2. The van der Waals surface area contributed by atoms with E-state index in [0.717, 1.165) is 0 Å². The van der Waals surface area contributed by atoms with Crippen LogP contribution in [0.15, 0.2) is 170 Å². The Bertz CT molecular complexity index is 3100. The SMILES string of the molecule is C[C@@H](SS[C@H](C)c1ccc(-c2ccc(C(C)(C)C)cc2)c(-c2ccc(C(C)(C)C)cc2)c1-c1ccc(C(C)(C)C)cc1)c1ccc(-c2ccc(C(C)(C)C)cc2)c(-c2ccc(C(C)(C)C)cc2)c1-c1ccc(C(C)(C)C)cc1. The predicted molar refractivity (Wildman–Crippen MR) is 350 cm³/mol. The summed E-state index contributed by atoms with van der Waals surface area (Å²) in [4.78, 5) is 0. The molecule has 0 aliphatic carbocycles. The molecule has 8 rings (SSSR count). The minimum atomic E-state index is 0.0395. The van der Waals surface area contributed by atoms with Crippen molar-refractivity contribution in [3.63, 3.8) is 0 Å². The summed E-state index contributed by atoms with van der Waals surface area (Å²) in [5, 5.41) is 0.304. The van der Waals surface area contributed by atoms with Gasteiger partial charge >= 0.3 is 0 Å². The Morgan fingerprint density at radius 2 is 0.397 bits per heavy atom. The Balaban J connectivity index is 1.30. The van der Waals surface area contributed by atoms with Crippen LogP contribution < -0.4 is 0 Å². The fraction of sp³-hybridized carbons (Fsp3) is 0.368. The smallest absolute Gasteiger partial charge is 0.0379 e. The Labute approximate surface area is 481 Å². The third kappa shape index (κ3) is 13.0. The normalized spacial score (nSPS) is 13.6. The van der Waals surface area contributed by atoms with E-state index >= 15 is 0 Å². The molecule has 0 heterocycles. The molecule has 0 amide bonds. The van der Waals surface area contributed by atoms with E-state index in [4.69, 9.17) is 0 Å². The van der Waals surface area contributed by atoms with Crippen LogP contribution in [0.25, 0.3) is 66.8 Å². The lowest BCUT2D eigenvalue weighted by Gasteiger charge is -2.27. The van der Waals surface area contributed by atoms with E-state index in [1.54, 1.807) is 0 Å². The second-order valence-electron chi connectivity index (χ2n) is 28.3. The molecule has 0 N–H and O–H groups in total. The van der Waals surface area contributed by atoms with E-state index in [2.05, 4.69) is 308 Å². The lowest BCUT2D eigenvalue weighted by atomic mass is 9.80. The maximum absolute atomic E-state index is 2.44. The average molecular weight is 1070 g/mol. The molecule has 8 aromatic rings. The Morgan fingerprint density at radius 1 is 0.218 bits per heavy atom. The minimum Gasteiger partial charge on any atom is -0.0856 e. The van der Waals surface area contributed by atoms with Gasteiger partial charge in [0.1, 0.15) is 0 Å². The van der Waals surface area contributed by atoms with Gasteiger partial charge in [0.05, 0.1) is 0 Å². The molecular weight excluding hydrogens is 977 g/mol. The van der Waals surface area contributed by atoms with Crippen molar-refractivity contribution in [3.05, 3.63) is 214 Å². The first-order valence-corrected chi connectivity index (χ1v) is 30.9. The van der Waals surface area contributed by atoms with Gasteiger partial charge in [-0.2, -0.15) is 0 Å². The third-order valence-electron chi connectivity index (χ3n) is 16.0. The fourth-order valence-electron chi connectivity index (χ4n) is 10.7. The van der Waals surface area contributed by atoms with Gasteiger partial charge in [-0.15, -0.1) is 0 Å². The van der Waals surface area contributed by atoms with Crippen molar-refractivity contribution >= 4 is 21.6 Å². The van der Waals surface area contributed by atoms with Crippen molar-refractivity contribution in [2.75, 3.05) is 0 Å². The lowest BCUT2D eigenvalue weighted by Crippen LogP contribution is -2.11. The summed E-state index contributed by atoms with van der Waals surface area (Å²) in [7, 11) is 4.00. The van der Waals surface area contributed by atoms with Crippen LogP contribution in [0.4, 0.5) is 0 Å². The zero-order valence-corrected chi connectivity index (χ0v) is 52.8. The van der Waals surface area contributed by atoms with Crippen molar-refractivity contribution in [1.29, 1.82) is 0 Å². The molecule has 0 aliphatic heterocycles. The van der Waals surface area contributed by atoms with E-state index < -0.39 is 0 Å². The monoisotopic (exact) mass is 1070 g/mol. The van der Waals surface area contributed by atoms with Crippen molar-refractivity contribution in [2.24, 2.45) is 0 Å². The summed E-state index contributed by atoms with van der Waals surface area (Å²) in [6, 6.07) is 66.3. The van der Waals surface area contributed by atoms with Gasteiger partial charge in [-0.3, -0.25) is 0 Å². The quantitative estimate of drug-likeness (QED) is 0.118. The van der Waals surface area contributed by atoms with Crippen LogP contribution in [-0.4, -0.2) is 0 Å². The average Bonchev–Trinajstić information content (AvgIpc) is 3.59. The molecule has 0 fully saturated rings. The number of benzene rings is 8. The Kier molecular flexibility index (Phi) is 16.7. The summed E-state index contributed by atoms with van der Waals surface area (Å²) < 4.78 is 0. The second-order valence-corrected chi connectivity index (χ2v) is 31.3. The van der Waals surface area contributed by atoms with Crippen molar-refractivity contribution in [2.45, 2.75) is 181 Å². The van der Waals surface area contributed by atoms with Crippen LogP contribution in [0.1, 0.15) is 193 Å². The number of rotatable bonds is 11. The molecule has 0 nitrogen and oxygen atoms in total. The molecule has 0 saturated carbocycles. The predicted octanol–water partition coefficient (Wildman–Crippen LogP) is 23.7. The molecule has 0 unspecified atom stereocenters. The Hall–Kier alpha value is -5.54. The first-order valence-electron chi connectivity index (χ1n) is 28.6. The van der Waals surface area contributed by atoms with Crippen molar-refractivity contribution in [1.82, 2.24) is 0 Å². The van der Waals surface area contributed by atoms with Crippen LogP contribution in [0.3, 0.4) is 0 Å². The van der Waals surface area contributed by atoms with Gasteiger partial charge in [0.2, 0.25) is 0 Å². The first kappa shape index (κ1) is 58.6. The minimum absolute atomic E-state index is 0.0395. The molecule has 0 radical (unpaired) electrons. The van der Waals surface area contributed by atoms with E-state index in [9.17, 15) is 0 Å². The zero-order valence-electron chi connectivity index (χ0n) is 51.1. The molecule has 0 bridgehead atoms. The van der Waals surface area contributed by atoms with Gasteiger partial charge in [-0.25, -0.2) is 0 Å². The zero-order chi connectivity index (χ0) is 56.9. The molecule has 0 saturated heterocycles. The van der Waals surface area contributed by atoms with Gasteiger partial charge in [-0.05, 0) is 158 Å². The van der Waals surface area contributed by atoms with E-state index in [1.807, 2.05) is 21.6 Å². The van der Waals surface area contributed by atoms with Gasteiger partial charge in [0.15, 0.2) is 0 Å². The standard InChI is InChI=1S/C76H90S2/c1-49(63-45-47-65(51-21-33-57(34-22-51)71(3,4)5)69(55-29-41-61(42-30-55)75(15,16)17)67(63)53-25-37-59(38-26-53)73(9,10)11)77-78-50(2)64-46-48-66(52-23-35-58(36-24-52)72(6,7)8)70(56-31-43-62(44-32-56)76(18,19)20)68(64)54-27-39-60(40-28-54)74(12,13)14/h21-50H,1-20H3/t49-,50-/m1/s1. The van der Waals surface area contributed by atoms with Crippen LogP contribution in [0.5, 0.6) is 0 Å². The summed E-state index contributed by atoms with van der Waals surface area (Å²) in [6.45, 7) is 46.3. The molecule has 8 aromatic carbocycles. The maximum atomic E-state index is 2.44. The summed E-state index contributed by atoms with van der Waals surface area (Å²) in [5.74, 6) is 0. The molecule has 78 heavy (non-hydrogen) atoms. The number of hydrogen-bond acceptors (Lipinski definition) is 2. The molecule has 0 aromatic heterocycles.